The molecule has 0 bridgehead atoms. The van der Waals surface area contributed by atoms with Gasteiger partial charge in [-0.2, -0.15) is 9.56 Å². The molecule has 0 saturated heterocycles. The number of nitrogens with two attached hydrogens (primary N) is 1. The highest BCUT2D eigenvalue weighted by molar-refractivity contribution is 6.09. The van der Waals surface area contributed by atoms with E-state index in [0.29, 0.717) is 17.4 Å². The van der Waals surface area contributed by atoms with E-state index < -0.39 is 0 Å². The van der Waals surface area contributed by atoms with Crippen molar-refractivity contribution in [1.29, 1.82) is 0 Å². The summed E-state index contributed by atoms with van der Waals surface area (Å²) >= 11 is 0. The molecule has 0 amide bonds. The van der Waals surface area contributed by atoms with Gasteiger partial charge in [0.25, 0.3) is 11.9 Å². The zero-order valence-electron chi connectivity index (χ0n) is 12.8. The predicted octanol–water partition coefficient (Wildman–Crippen LogP) is 1.48. The van der Waals surface area contributed by atoms with Crippen LogP contribution in [0.25, 0.3) is 0 Å². The van der Waals surface area contributed by atoms with Crippen LogP contribution in [0.5, 0.6) is 0 Å². The van der Waals surface area contributed by atoms with Crippen molar-refractivity contribution >= 4 is 11.7 Å². The molecule has 6 nitrogen and oxygen atoms in total. The van der Waals surface area contributed by atoms with E-state index in [9.17, 15) is 0 Å². The lowest BCUT2D eigenvalue weighted by molar-refractivity contribution is -0.708. The molecule has 1 aliphatic rings. The number of hydrogen-bond acceptors (Lipinski definition) is 4. The van der Waals surface area contributed by atoms with E-state index >= 15 is 0 Å². The van der Waals surface area contributed by atoms with Crippen LogP contribution in [-0.2, 0) is 0 Å². The molecular formula is C18H15N6+. The molecule has 4 heterocycles. The second kappa shape index (κ2) is 6.00. The van der Waals surface area contributed by atoms with Crippen LogP contribution in [0.4, 0.5) is 0 Å². The van der Waals surface area contributed by atoms with Gasteiger partial charge in [-0.1, -0.05) is 12.1 Å². The van der Waals surface area contributed by atoms with E-state index in [1.54, 1.807) is 12.4 Å². The molecule has 1 unspecified atom stereocenters. The molecule has 1 aliphatic heterocycles. The number of aliphatic imine (C=N–C) groups is 2. The lowest BCUT2D eigenvalue weighted by Gasteiger charge is -2.02. The SMILES string of the molecule is NC(=NC1=NC(c2ccccn2)[n+]2ccccc21)c1ccccn1. The molecule has 116 valence electrons. The average molecular weight is 315 g/mol. The maximum Gasteiger partial charge on any atom is 0.296 e. The van der Waals surface area contributed by atoms with Crippen LogP contribution in [0.2, 0.25) is 0 Å². The van der Waals surface area contributed by atoms with Gasteiger partial charge in [0.1, 0.15) is 11.4 Å². The minimum atomic E-state index is -0.238. The zero-order chi connectivity index (χ0) is 16.4. The molecule has 6 heteroatoms. The number of pyridine rings is 3. The smallest absolute Gasteiger partial charge is 0.296 e. The van der Waals surface area contributed by atoms with Crippen LogP contribution in [0.1, 0.15) is 23.2 Å². The van der Waals surface area contributed by atoms with Crippen LogP contribution in [0, 0.1) is 0 Å². The van der Waals surface area contributed by atoms with Crippen LogP contribution in [0.3, 0.4) is 0 Å². The lowest BCUT2D eigenvalue weighted by atomic mass is 10.3. The zero-order valence-corrected chi connectivity index (χ0v) is 12.8. The van der Waals surface area contributed by atoms with Crippen molar-refractivity contribution < 1.29 is 4.57 Å². The summed E-state index contributed by atoms with van der Waals surface area (Å²) in [4.78, 5) is 17.8. The summed E-state index contributed by atoms with van der Waals surface area (Å²) in [7, 11) is 0. The van der Waals surface area contributed by atoms with Crippen molar-refractivity contribution in [2.24, 2.45) is 15.7 Å². The highest BCUT2D eigenvalue weighted by atomic mass is 15.2. The fraction of sp³-hybridized carbons (Fsp3) is 0.0556. The summed E-state index contributed by atoms with van der Waals surface area (Å²) in [5.74, 6) is 0.917. The maximum absolute atomic E-state index is 6.10. The van der Waals surface area contributed by atoms with Gasteiger partial charge in [-0.15, -0.1) is 0 Å². The van der Waals surface area contributed by atoms with E-state index in [1.807, 2.05) is 65.4 Å². The molecular weight excluding hydrogens is 300 g/mol. The molecule has 24 heavy (non-hydrogen) atoms. The Bertz CT molecular complexity index is 919. The first kappa shape index (κ1) is 14.2. The third kappa shape index (κ3) is 2.54. The van der Waals surface area contributed by atoms with Crippen molar-refractivity contribution in [3.63, 3.8) is 0 Å². The molecule has 0 saturated carbocycles. The monoisotopic (exact) mass is 315 g/mol. The molecule has 4 rings (SSSR count). The first-order chi connectivity index (χ1) is 11.8. The van der Waals surface area contributed by atoms with Gasteiger partial charge in [0, 0.05) is 24.5 Å². The van der Waals surface area contributed by atoms with Gasteiger partial charge in [-0.3, -0.25) is 9.97 Å². The normalized spacial score (nSPS) is 16.6. The highest BCUT2D eigenvalue weighted by Gasteiger charge is 2.34. The predicted molar refractivity (Wildman–Crippen MR) is 90.5 cm³/mol. The minimum Gasteiger partial charge on any atom is -0.382 e. The Balaban J connectivity index is 1.78. The topological polar surface area (TPSA) is 80.4 Å². The molecule has 0 aliphatic carbocycles. The maximum atomic E-state index is 6.10. The van der Waals surface area contributed by atoms with E-state index in [4.69, 9.17) is 10.7 Å². The molecule has 0 fully saturated rings. The molecule has 2 N–H and O–H groups in total. The van der Waals surface area contributed by atoms with Crippen LogP contribution in [0.15, 0.2) is 83.2 Å². The first-order valence-corrected chi connectivity index (χ1v) is 7.58. The van der Waals surface area contributed by atoms with Gasteiger partial charge in [0.2, 0.25) is 5.84 Å². The van der Waals surface area contributed by atoms with Crippen molar-refractivity contribution in [3.8, 4) is 0 Å². The quantitative estimate of drug-likeness (QED) is 0.442. The van der Waals surface area contributed by atoms with E-state index in [2.05, 4.69) is 15.0 Å². The Labute approximate surface area is 139 Å². The van der Waals surface area contributed by atoms with E-state index in [-0.39, 0.29) is 6.17 Å². The molecule has 0 spiro atoms. The van der Waals surface area contributed by atoms with Crippen LogP contribution >= 0.6 is 0 Å². The molecule has 3 aromatic rings. The summed E-state index contributed by atoms with van der Waals surface area (Å²) in [5, 5.41) is 0. The minimum absolute atomic E-state index is 0.238. The van der Waals surface area contributed by atoms with Crippen molar-refractivity contribution in [2.75, 3.05) is 0 Å². The molecule has 1 atom stereocenters. The summed E-state index contributed by atoms with van der Waals surface area (Å²) in [5.41, 5.74) is 8.48. The standard InChI is InChI=1S/C18H15N6/c19-16(13-7-1-4-10-20-13)22-17-15-9-3-6-12-24(15)18(23-17)14-8-2-5-11-21-14/h1-12,18H,(H2,19,22,23)/q+1. The average Bonchev–Trinajstić information content (AvgIpc) is 3.02. The fourth-order valence-electron chi connectivity index (χ4n) is 2.61. The van der Waals surface area contributed by atoms with Gasteiger partial charge < -0.3 is 5.73 Å². The van der Waals surface area contributed by atoms with Gasteiger partial charge in [-0.05, 0) is 30.3 Å². The van der Waals surface area contributed by atoms with E-state index in [0.717, 1.165) is 11.4 Å². The Morgan fingerprint density at radius 3 is 2.50 bits per heavy atom. The van der Waals surface area contributed by atoms with Gasteiger partial charge in [-0.25, -0.2) is 4.99 Å². The summed E-state index contributed by atoms with van der Waals surface area (Å²) in [6.45, 7) is 0. The van der Waals surface area contributed by atoms with Crippen molar-refractivity contribution in [2.45, 2.75) is 6.17 Å². The number of fused-ring (bicyclic) bond motifs is 1. The Morgan fingerprint density at radius 2 is 1.75 bits per heavy atom. The fourth-order valence-corrected chi connectivity index (χ4v) is 2.61. The summed E-state index contributed by atoms with van der Waals surface area (Å²) in [6, 6.07) is 17.2. The Hall–Kier alpha value is -3.41. The van der Waals surface area contributed by atoms with Gasteiger partial charge >= 0.3 is 0 Å². The van der Waals surface area contributed by atoms with Gasteiger partial charge in [0.05, 0.1) is 0 Å². The number of nitrogens with zero attached hydrogens (tertiary/aromatic N) is 5. The van der Waals surface area contributed by atoms with Crippen LogP contribution < -0.4 is 10.3 Å². The second-order valence-electron chi connectivity index (χ2n) is 5.29. The highest BCUT2D eigenvalue weighted by Crippen LogP contribution is 2.19. The van der Waals surface area contributed by atoms with Crippen molar-refractivity contribution in [1.82, 2.24) is 9.97 Å². The number of amidine groups is 2. The Kier molecular flexibility index (Phi) is 3.55. The molecule has 3 aromatic heterocycles. The largest absolute Gasteiger partial charge is 0.382 e. The first-order valence-electron chi connectivity index (χ1n) is 7.58. The summed E-state index contributed by atoms with van der Waals surface area (Å²) in [6.07, 6.45) is 5.18. The lowest BCUT2D eigenvalue weighted by Crippen LogP contribution is -2.39. The Morgan fingerprint density at radius 1 is 0.958 bits per heavy atom. The third-order valence-electron chi connectivity index (χ3n) is 3.73. The second-order valence-corrected chi connectivity index (χ2v) is 5.29. The third-order valence-corrected chi connectivity index (χ3v) is 3.73. The van der Waals surface area contributed by atoms with E-state index in [1.165, 1.54) is 0 Å². The molecule has 0 radical (unpaired) electrons. The van der Waals surface area contributed by atoms with Crippen LogP contribution in [-0.4, -0.2) is 21.6 Å². The summed E-state index contributed by atoms with van der Waals surface area (Å²) < 4.78 is 2.03. The van der Waals surface area contributed by atoms with Crippen molar-refractivity contribution in [3.05, 3.63) is 90.3 Å². The van der Waals surface area contributed by atoms with Gasteiger partial charge in [0.15, 0.2) is 12.0 Å². The molecule has 0 aromatic carbocycles. The number of aromatic nitrogens is 3. The number of hydrogen-bond donors (Lipinski definition) is 1. The number of rotatable bonds is 2.